The second-order valence-electron chi connectivity index (χ2n) is 4.64. The predicted octanol–water partition coefficient (Wildman–Crippen LogP) is 1.77. The molecule has 3 unspecified atom stereocenters. The summed E-state index contributed by atoms with van der Waals surface area (Å²) in [5, 5.41) is 0. The molecule has 0 N–H and O–H groups in total. The molecule has 2 heterocycles. The van der Waals surface area contributed by atoms with Crippen LogP contribution in [-0.4, -0.2) is 30.1 Å². The van der Waals surface area contributed by atoms with Crippen molar-refractivity contribution in [2.75, 3.05) is 0 Å². The van der Waals surface area contributed by atoms with Gasteiger partial charge in [0.2, 0.25) is 0 Å². The Morgan fingerprint density at radius 2 is 2.12 bits per heavy atom. The molecule has 0 saturated carbocycles. The Bertz CT molecular complexity index is 334. The molecule has 4 heteroatoms. The molecule has 1 saturated heterocycles. The summed E-state index contributed by atoms with van der Waals surface area (Å²) in [6, 6.07) is 0. The Hall–Kier alpha value is -1.00. The largest absolute Gasteiger partial charge is 0.342 e. The molecule has 0 aromatic carbocycles. The van der Waals surface area contributed by atoms with Gasteiger partial charge < -0.3 is 9.47 Å². The normalized spacial score (nSPS) is 36.3. The van der Waals surface area contributed by atoms with Gasteiger partial charge in [-0.1, -0.05) is 12.8 Å². The van der Waals surface area contributed by atoms with E-state index in [9.17, 15) is 9.59 Å². The monoisotopic (exact) mass is 238 g/mol. The number of Topliss-reactive ketones (excluding diaryl/α,β-unsaturated/α-hetero) is 1. The quantitative estimate of drug-likeness (QED) is 0.698. The van der Waals surface area contributed by atoms with Crippen molar-refractivity contribution in [3.63, 3.8) is 0 Å². The molecule has 2 aliphatic rings. The van der Waals surface area contributed by atoms with E-state index in [1.165, 1.54) is 13.0 Å². The number of hydrogen-bond donors (Lipinski definition) is 0. The topological polar surface area (TPSA) is 52.6 Å². The number of allylic oxidation sites excluding steroid dienone is 1. The van der Waals surface area contributed by atoms with Gasteiger partial charge in [0.15, 0.2) is 17.9 Å². The summed E-state index contributed by atoms with van der Waals surface area (Å²) in [6.45, 7) is 1.52. The minimum absolute atomic E-state index is 0.00529. The molecule has 0 amide bonds. The van der Waals surface area contributed by atoms with Gasteiger partial charge in [-0.3, -0.25) is 9.59 Å². The second-order valence-corrected chi connectivity index (χ2v) is 4.64. The van der Waals surface area contributed by atoms with E-state index < -0.39 is 12.4 Å². The van der Waals surface area contributed by atoms with Gasteiger partial charge in [-0.15, -0.1) is 0 Å². The maximum Gasteiger partial charge on any atom is 0.178 e. The van der Waals surface area contributed by atoms with E-state index in [-0.39, 0.29) is 17.7 Å². The molecule has 0 aliphatic carbocycles. The molecule has 0 spiro atoms. The van der Waals surface area contributed by atoms with Crippen molar-refractivity contribution in [3.05, 3.63) is 12.2 Å². The zero-order valence-corrected chi connectivity index (χ0v) is 10.1. The molecule has 0 aromatic rings. The predicted molar refractivity (Wildman–Crippen MR) is 61.4 cm³/mol. The highest BCUT2D eigenvalue weighted by molar-refractivity contribution is 5.89. The van der Waals surface area contributed by atoms with Gasteiger partial charge >= 0.3 is 0 Å². The van der Waals surface area contributed by atoms with Crippen LogP contribution < -0.4 is 0 Å². The van der Waals surface area contributed by atoms with Crippen LogP contribution in [0.25, 0.3) is 0 Å². The number of hydrogen-bond acceptors (Lipinski definition) is 4. The van der Waals surface area contributed by atoms with Crippen LogP contribution >= 0.6 is 0 Å². The molecule has 0 aromatic heterocycles. The third-order valence-electron chi connectivity index (χ3n) is 3.18. The first kappa shape index (κ1) is 12.5. The molecule has 17 heavy (non-hydrogen) atoms. The van der Waals surface area contributed by atoms with Crippen molar-refractivity contribution >= 4 is 11.6 Å². The summed E-state index contributed by atoms with van der Waals surface area (Å²) < 4.78 is 11.1. The summed E-state index contributed by atoms with van der Waals surface area (Å²) in [6.07, 6.45) is 6.23. The fraction of sp³-hybridized carbons (Fsp3) is 0.692. The number of carbonyl (C=O) groups is 2. The molecule has 3 atom stereocenters. The number of carbonyl (C=O) groups excluding carboxylic acids is 2. The van der Waals surface area contributed by atoms with E-state index in [4.69, 9.17) is 9.47 Å². The highest BCUT2D eigenvalue weighted by atomic mass is 16.7. The van der Waals surface area contributed by atoms with E-state index in [2.05, 4.69) is 0 Å². The highest BCUT2D eigenvalue weighted by Crippen LogP contribution is 2.26. The molecule has 4 nitrogen and oxygen atoms in total. The Balaban J connectivity index is 2.08. The Morgan fingerprint density at radius 1 is 1.29 bits per heavy atom. The van der Waals surface area contributed by atoms with Crippen LogP contribution in [0.4, 0.5) is 0 Å². The number of fused-ring (bicyclic) bond motifs is 2. The lowest BCUT2D eigenvalue weighted by Crippen LogP contribution is -2.29. The van der Waals surface area contributed by atoms with Crippen LogP contribution in [-0.2, 0) is 19.1 Å². The molecule has 2 bridgehead atoms. The summed E-state index contributed by atoms with van der Waals surface area (Å²) in [5.41, 5.74) is 0. The van der Waals surface area contributed by atoms with Crippen LogP contribution in [0.3, 0.4) is 0 Å². The standard InChI is InChI=1S/C13H18O4/c1-9(14)13-11-6-4-2-3-5-10(15)7-8-12(16-11)17-13/h7-8,11-13H,2-6H2,1H3/b8-7-. The Labute approximate surface area is 101 Å². The maximum atomic E-state index is 11.4. The van der Waals surface area contributed by atoms with E-state index in [1.54, 1.807) is 6.08 Å². The van der Waals surface area contributed by atoms with Crippen molar-refractivity contribution in [2.45, 2.75) is 57.5 Å². The molecule has 94 valence electrons. The van der Waals surface area contributed by atoms with E-state index in [0.29, 0.717) is 6.42 Å². The first-order valence-corrected chi connectivity index (χ1v) is 6.19. The third-order valence-corrected chi connectivity index (χ3v) is 3.18. The van der Waals surface area contributed by atoms with E-state index in [0.717, 1.165) is 25.7 Å². The fourth-order valence-electron chi connectivity index (χ4n) is 2.27. The lowest BCUT2D eigenvalue weighted by molar-refractivity contribution is -0.127. The first-order chi connectivity index (χ1) is 8.16. The van der Waals surface area contributed by atoms with Gasteiger partial charge in [0, 0.05) is 6.42 Å². The maximum absolute atomic E-state index is 11.4. The third kappa shape index (κ3) is 3.23. The zero-order valence-electron chi connectivity index (χ0n) is 10.1. The fourth-order valence-corrected chi connectivity index (χ4v) is 2.27. The summed E-state index contributed by atoms with van der Waals surface area (Å²) in [7, 11) is 0. The minimum Gasteiger partial charge on any atom is -0.342 e. The lowest BCUT2D eigenvalue weighted by Gasteiger charge is -2.13. The average Bonchev–Trinajstić information content (AvgIpc) is 2.66. The Morgan fingerprint density at radius 3 is 2.88 bits per heavy atom. The van der Waals surface area contributed by atoms with Crippen molar-refractivity contribution in [1.82, 2.24) is 0 Å². The zero-order chi connectivity index (χ0) is 12.3. The number of ketones is 2. The van der Waals surface area contributed by atoms with Crippen molar-refractivity contribution in [1.29, 1.82) is 0 Å². The first-order valence-electron chi connectivity index (χ1n) is 6.19. The van der Waals surface area contributed by atoms with Crippen LogP contribution in [0.15, 0.2) is 12.2 Å². The van der Waals surface area contributed by atoms with Crippen molar-refractivity contribution in [2.24, 2.45) is 0 Å². The lowest BCUT2D eigenvalue weighted by atomic mass is 10.0. The summed E-state index contributed by atoms with van der Waals surface area (Å²) >= 11 is 0. The second kappa shape index (κ2) is 5.56. The van der Waals surface area contributed by atoms with Gasteiger partial charge in [0.25, 0.3) is 0 Å². The van der Waals surface area contributed by atoms with E-state index >= 15 is 0 Å². The smallest absolute Gasteiger partial charge is 0.178 e. The van der Waals surface area contributed by atoms with Gasteiger partial charge in [0.05, 0.1) is 6.10 Å². The SMILES string of the molecule is CC(=O)C1OC2/C=C\C(=O)CCCCCC1O2. The number of rotatable bonds is 1. The molecule has 2 aliphatic heterocycles. The number of ether oxygens (including phenoxy) is 2. The Kier molecular flexibility index (Phi) is 4.07. The molecular formula is C13H18O4. The average molecular weight is 238 g/mol. The summed E-state index contributed by atoms with van der Waals surface area (Å²) in [5.74, 6) is 0.0937. The molecular weight excluding hydrogens is 220 g/mol. The van der Waals surface area contributed by atoms with Crippen LogP contribution in [0, 0.1) is 0 Å². The van der Waals surface area contributed by atoms with Crippen molar-refractivity contribution in [3.8, 4) is 0 Å². The van der Waals surface area contributed by atoms with Crippen LogP contribution in [0.1, 0.15) is 39.0 Å². The van der Waals surface area contributed by atoms with E-state index in [1.807, 2.05) is 0 Å². The summed E-state index contributed by atoms with van der Waals surface area (Å²) in [4.78, 5) is 22.9. The van der Waals surface area contributed by atoms with Gasteiger partial charge in [-0.05, 0) is 31.9 Å². The highest BCUT2D eigenvalue weighted by Gasteiger charge is 2.37. The van der Waals surface area contributed by atoms with Crippen LogP contribution in [0.5, 0.6) is 0 Å². The minimum atomic E-state index is -0.545. The van der Waals surface area contributed by atoms with Gasteiger partial charge in [-0.25, -0.2) is 0 Å². The molecule has 0 radical (unpaired) electrons. The molecule has 2 rings (SSSR count). The molecule has 1 fully saturated rings. The van der Waals surface area contributed by atoms with Gasteiger partial charge in [-0.2, -0.15) is 0 Å². The van der Waals surface area contributed by atoms with Crippen LogP contribution in [0.2, 0.25) is 0 Å². The van der Waals surface area contributed by atoms with Gasteiger partial charge in [0.1, 0.15) is 6.10 Å². The van der Waals surface area contributed by atoms with Crippen molar-refractivity contribution < 1.29 is 19.1 Å².